The van der Waals surface area contributed by atoms with Gasteiger partial charge in [-0.25, -0.2) is 15.0 Å². The molecule has 0 aliphatic rings. The molecule has 26 heavy (non-hydrogen) atoms. The number of aliphatic imine (C=N–C) groups is 1. The highest BCUT2D eigenvalue weighted by atomic mass is 32.1. The Balaban J connectivity index is 1.88. The monoisotopic (exact) mass is 377 g/mol. The number of nitrogens with zero attached hydrogens (tertiary/aromatic N) is 3. The summed E-state index contributed by atoms with van der Waals surface area (Å²) in [7, 11) is 0. The highest BCUT2D eigenvalue weighted by Crippen LogP contribution is 2.22. The molecule has 0 saturated carbocycles. The lowest BCUT2D eigenvalue weighted by atomic mass is 9.94. The largest absolute Gasteiger partial charge is 0.443 e. The molecule has 7 heteroatoms. The fourth-order valence-electron chi connectivity index (χ4n) is 2.23. The molecular formula is C19H31N5OS. The molecule has 0 aliphatic heterocycles. The fraction of sp³-hybridized carbons (Fsp3) is 0.632. The van der Waals surface area contributed by atoms with Gasteiger partial charge in [-0.15, -0.1) is 11.3 Å². The van der Waals surface area contributed by atoms with Crippen LogP contribution in [0.4, 0.5) is 0 Å². The standard InChI is InChI=1S/C19H31N5OS/c1-7-20-18(21-9-8-14-12-26-17(24-14)13(2)3)23-11-16-22-10-15(25-16)19(4,5)6/h10,12-13H,7-9,11H2,1-6H3,(H2,20,21,23). The zero-order valence-electron chi connectivity index (χ0n) is 16.7. The van der Waals surface area contributed by atoms with Gasteiger partial charge in [0.15, 0.2) is 5.96 Å². The summed E-state index contributed by atoms with van der Waals surface area (Å²) in [6.45, 7) is 14.7. The Kier molecular flexibility index (Phi) is 7.20. The van der Waals surface area contributed by atoms with E-state index < -0.39 is 0 Å². The zero-order valence-corrected chi connectivity index (χ0v) is 17.5. The molecule has 0 amide bonds. The first-order valence-corrected chi connectivity index (χ1v) is 10.1. The van der Waals surface area contributed by atoms with Gasteiger partial charge in [0.05, 0.1) is 16.9 Å². The summed E-state index contributed by atoms with van der Waals surface area (Å²) in [5.41, 5.74) is 1.09. The van der Waals surface area contributed by atoms with E-state index in [9.17, 15) is 0 Å². The number of nitrogens with one attached hydrogen (secondary N) is 2. The number of rotatable bonds is 7. The normalized spacial score (nSPS) is 12.7. The molecule has 2 heterocycles. The van der Waals surface area contributed by atoms with E-state index in [1.807, 2.05) is 0 Å². The van der Waals surface area contributed by atoms with Crippen LogP contribution in [0.3, 0.4) is 0 Å². The van der Waals surface area contributed by atoms with Crippen molar-refractivity contribution in [3.8, 4) is 0 Å². The predicted molar refractivity (Wildman–Crippen MR) is 108 cm³/mol. The SMILES string of the molecule is CCNC(=NCc1ncc(C(C)(C)C)o1)NCCc1csc(C(C)C)n1. The Hall–Kier alpha value is -1.89. The van der Waals surface area contributed by atoms with Gasteiger partial charge in [0, 0.05) is 36.2 Å². The summed E-state index contributed by atoms with van der Waals surface area (Å²) < 4.78 is 5.79. The first kappa shape index (κ1) is 20.4. The van der Waals surface area contributed by atoms with Crippen LogP contribution in [0.2, 0.25) is 0 Å². The summed E-state index contributed by atoms with van der Waals surface area (Å²) >= 11 is 1.73. The Morgan fingerprint density at radius 2 is 2.08 bits per heavy atom. The molecule has 0 saturated heterocycles. The van der Waals surface area contributed by atoms with Crippen LogP contribution in [0, 0.1) is 0 Å². The molecule has 144 valence electrons. The molecule has 0 unspecified atom stereocenters. The number of aromatic nitrogens is 2. The minimum absolute atomic E-state index is 0.0416. The van der Waals surface area contributed by atoms with Crippen molar-refractivity contribution in [2.75, 3.05) is 13.1 Å². The van der Waals surface area contributed by atoms with Crippen LogP contribution in [0.1, 0.15) is 69.8 Å². The summed E-state index contributed by atoms with van der Waals surface area (Å²) in [5, 5.41) is 9.93. The number of guanidine groups is 1. The van der Waals surface area contributed by atoms with Crippen molar-refractivity contribution in [1.29, 1.82) is 0 Å². The Labute approximate surface area is 160 Å². The molecule has 2 N–H and O–H groups in total. The van der Waals surface area contributed by atoms with Gasteiger partial charge in [0.1, 0.15) is 12.3 Å². The second-order valence-corrected chi connectivity index (χ2v) is 8.46. The van der Waals surface area contributed by atoms with Crippen molar-refractivity contribution in [3.63, 3.8) is 0 Å². The molecule has 0 bridgehead atoms. The maximum atomic E-state index is 5.79. The molecule has 0 radical (unpaired) electrons. The van der Waals surface area contributed by atoms with E-state index in [0.717, 1.165) is 36.9 Å². The molecular weight excluding hydrogens is 346 g/mol. The molecule has 2 aromatic rings. The Morgan fingerprint density at radius 3 is 2.65 bits per heavy atom. The average Bonchev–Trinajstić information content (AvgIpc) is 3.21. The number of hydrogen-bond donors (Lipinski definition) is 2. The highest BCUT2D eigenvalue weighted by Gasteiger charge is 2.19. The van der Waals surface area contributed by atoms with Crippen LogP contribution in [-0.2, 0) is 18.4 Å². The fourth-order valence-corrected chi connectivity index (χ4v) is 3.10. The van der Waals surface area contributed by atoms with Crippen LogP contribution in [-0.4, -0.2) is 29.0 Å². The van der Waals surface area contributed by atoms with E-state index in [1.54, 1.807) is 17.5 Å². The maximum absolute atomic E-state index is 5.79. The van der Waals surface area contributed by atoms with Gasteiger partial charge in [0.25, 0.3) is 0 Å². The molecule has 2 rings (SSSR count). The third kappa shape index (κ3) is 6.12. The van der Waals surface area contributed by atoms with Crippen molar-refractivity contribution >= 4 is 17.3 Å². The second kappa shape index (κ2) is 9.16. The van der Waals surface area contributed by atoms with Gasteiger partial charge in [-0.2, -0.15) is 0 Å². The number of thiazole rings is 1. The van der Waals surface area contributed by atoms with Gasteiger partial charge in [0.2, 0.25) is 5.89 Å². The minimum Gasteiger partial charge on any atom is -0.443 e. The average molecular weight is 378 g/mol. The maximum Gasteiger partial charge on any atom is 0.216 e. The molecule has 0 fully saturated rings. The highest BCUT2D eigenvalue weighted by molar-refractivity contribution is 7.09. The van der Waals surface area contributed by atoms with Crippen LogP contribution < -0.4 is 10.6 Å². The summed E-state index contributed by atoms with van der Waals surface area (Å²) in [6.07, 6.45) is 2.67. The van der Waals surface area contributed by atoms with E-state index >= 15 is 0 Å². The van der Waals surface area contributed by atoms with Crippen LogP contribution in [0.5, 0.6) is 0 Å². The van der Waals surface area contributed by atoms with Gasteiger partial charge in [-0.3, -0.25) is 0 Å². The molecule has 0 aliphatic carbocycles. The van der Waals surface area contributed by atoms with Crippen LogP contribution >= 0.6 is 11.3 Å². The Bertz CT molecular complexity index is 712. The first-order valence-electron chi connectivity index (χ1n) is 9.21. The van der Waals surface area contributed by atoms with Crippen LogP contribution in [0.15, 0.2) is 21.0 Å². The summed E-state index contributed by atoms with van der Waals surface area (Å²) in [5.74, 6) is 2.76. The lowest BCUT2D eigenvalue weighted by Crippen LogP contribution is -2.38. The second-order valence-electron chi connectivity index (χ2n) is 7.57. The first-order chi connectivity index (χ1) is 12.3. The molecule has 0 spiro atoms. The lowest BCUT2D eigenvalue weighted by molar-refractivity contribution is 0.383. The van der Waals surface area contributed by atoms with Crippen molar-refractivity contribution < 1.29 is 4.42 Å². The molecule has 0 atom stereocenters. The lowest BCUT2D eigenvalue weighted by Gasteiger charge is -2.13. The zero-order chi connectivity index (χ0) is 19.2. The van der Waals surface area contributed by atoms with E-state index in [-0.39, 0.29) is 5.41 Å². The number of hydrogen-bond acceptors (Lipinski definition) is 5. The van der Waals surface area contributed by atoms with Gasteiger partial charge in [-0.1, -0.05) is 34.6 Å². The Morgan fingerprint density at radius 1 is 1.31 bits per heavy atom. The summed E-state index contributed by atoms with van der Waals surface area (Å²) in [6, 6.07) is 0. The third-order valence-corrected chi connectivity index (χ3v) is 4.94. The third-order valence-electron chi connectivity index (χ3n) is 3.75. The van der Waals surface area contributed by atoms with E-state index in [4.69, 9.17) is 4.42 Å². The van der Waals surface area contributed by atoms with Crippen molar-refractivity contribution in [2.24, 2.45) is 4.99 Å². The van der Waals surface area contributed by atoms with Crippen molar-refractivity contribution in [1.82, 2.24) is 20.6 Å². The molecule has 6 nitrogen and oxygen atoms in total. The predicted octanol–water partition coefficient (Wildman–Crippen LogP) is 3.85. The smallest absolute Gasteiger partial charge is 0.216 e. The van der Waals surface area contributed by atoms with E-state index in [0.29, 0.717) is 18.4 Å². The van der Waals surface area contributed by atoms with Crippen LogP contribution in [0.25, 0.3) is 0 Å². The summed E-state index contributed by atoms with van der Waals surface area (Å²) in [4.78, 5) is 13.6. The van der Waals surface area contributed by atoms with Gasteiger partial charge < -0.3 is 15.1 Å². The van der Waals surface area contributed by atoms with Gasteiger partial charge in [-0.05, 0) is 6.92 Å². The van der Waals surface area contributed by atoms with E-state index in [1.165, 1.54) is 5.01 Å². The number of oxazole rings is 1. The van der Waals surface area contributed by atoms with Crippen molar-refractivity contribution in [3.05, 3.63) is 33.9 Å². The molecule has 0 aromatic carbocycles. The topological polar surface area (TPSA) is 75.3 Å². The van der Waals surface area contributed by atoms with Crippen molar-refractivity contribution in [2.45, 2.75) is 65.8 Å². The van der Waals surface area contributed by atoms with E-state index in [2.05, 4.69) is 72.5 Å². The quantitative estimate of drug-likeness (QED) is 0.566. The molecule has 2 aromatic heterocycles. The van der Waals surface area contributed by atoms with Gasteiger partial charge >= 0.3 is 0 Å². The minimum atomic E-state index is -0.0416.